The van der Waals surface area contributed by atoms with Crippen molar-refractivity contribution in [3.05, 3.63) is 0 Å². The Morgan fingerprint density at radius 1 is 1.17 bits per heavy atom. The fourth-order valence-electron chi connectivity index (χ4n) is 2.67. The number of halogens is 2. The normalized spacial score (nSPS) is 31.8. The van der Waals surface area contributed by atoms with Crippen LogP contribution in [0.2, 0.25) is 0 Å². The van der Waals surface area contributed by atoms with Crippen molar-refractivity contribution in [2.75, 3.05) is 0 Å². The minimum Gasteiger partial charge on any atom is -0.207 e. The van der Waals surface area contributed by atoms with E-state index in [1.807, 2.05) is 0 Å². The maximum Gasteiger partial charge on any atom is 0.248 e. The van der Waals surface area contributed by atoms with Crippen molar-refractivity contribution in [1.29, 1.82) is 0 Å². The minimum atomic E-state index is -2.32. The number of hydrogen-bond donors (Lipinski definition) is 0. The zero-order chi connectivity index (χ0) is 8.98. The van der Waals surface area contributed by atoms with Gasteiger partial charge in [-0.25, -0.2) is 8.78 Å². The van der Waals surface area contributed by atoms with E-state index in [1.165, 1.54) is 12.8 Å². The van der Waals surface area contributed by atoms with Crippen molar-refractivity contribution in [3.8, 4) is 0 Å². The molecule has 0 N–H and O–H groups in total. The van der Waals surface area contributed by atoms with Crippen LogP contribution in [0.25, 0.3) is 0 Å². The molecule has 0 spiro atoms. The van der Waals surface area contributed by atoms with Crippen molar-refractivity contribution in [1.82, 2.24) is 0 Å². The summed E-state index contributed by atoms with van der Waals surface area (Å²) < 4.78 is 25.2. The van der Waals surface area contributed by atoms with Crippen LogP contribution in [0, 0.1) is 17.3 Å². The number of rotatable bonds is 2. The molecule has 0 aliphatic heterocycles. The first-order valence-corrected chi connectivity index (χ1v) is 4.84. The van der Waals surface area contributed by atoms with Crippen LogP contribution in [0.1, 0.15) is 39.5 Å². The van der Waals surface area contributed by atoms with Crippen LogP contribution < -0.4 is 0 Å². The minimum absolute atomic E-state index is 0.158. The van der Waals surface area contributed by atoms with E-state index in [1.54, 1.807) is 0 Å². The highest BCUT2D eigenvalue weighted by molar-refractivity contribution is 5.06. The van der Waals surface area contributed by atoms with Gasteiger partial charge in [0.15, 0.2) is 0 Å². The van der Waals surface area contributed by atoms with Crippen molar-refractivity contribution in [2.24, 2.45) is 17.3 Å². The fraction of sp³-hybridized carbons (Fsp3) is 1.00. The SMILES string of the molecule is CC(C)C1(C2CC(F)(F)C2)CC1. The van der Waals surface area contributed by atoms with Crippen LogP contribution in [0.4, 0.5) is 8.78 Å². The van der Waals surface area contributed by atoms with Crippen LogP contribution in [-0.2, 0) is 0 Å². The lowest BCUT2D eigenvalue weighted by Crippen LogP contribution is -2.42. The maximum absolute atomic E-state index is 12.6. The Balaban J connectivity index is 1.96. The van der Waals surface area contributed by atoms with Crippen LogP contribution in [0.5, 0.6) is 0 Å². The lowest BCUT2D eigenvalue weighted by molar-refractivity contribution is -0.136. The second-order valence-electron chi connectivity index (χ2n) is 4.85. The average Bonchev–Trinajstić information content (AvgIpc) is 2.60. The second kappa shape index (κ2) is 2.21. The summed E-state index contributed by atoms with van der Waals surface area (Å²) >= 11 is 0. The Hall–Kier alpha value is -0.140. The first kappa shape index (κ1) is 8.46. The molecule has 0 nitrogen and oxygen atoms in total. The summed E-state index contributed by atoms with van der Waals surface area (Å²) in [5.74, 6) is -1.40. The first-order valence-electron chi connectivity index (χ1n) is 4.84. The van der Waals surface area contributed by atoms with E-state index >= 15 is 0 Å². The van der Waals surface area contributed by atoms with Crippen LogP contribution in [0.3, 0.4) is 0 Å². The van der Waals surface area contributed by atoms with E-state index in [9.17, 15) is 8.78 Å². The molecule has 0 saturated heterocycles. The summed E-state index contributed by atoms with van der Waals surface area (Å²) in [5.41, 5.74) is 0.321. The zero-order valence-corrected chi connectivity index (χ0v) is 7.74. The van der Waals surface area contributed by atoms with Crippen molar-refractivity contribution >= 4 is 0 Å². The molecule has 0 aromatic heterocycles. The lowest BCUT2D eigenvalue weighted by Gasteiger charge is -2.42. The molecule has 0 heterocycles. The Morgan fingerprint density at radius 2 is 1.67 bits per heavy atom. The highest BCUT2D eigenvalue weighted by Gasteiger charge is 2.60. The highest BCUT2D eigenvalue weighted by atomic mass is 19.3. The molecular weight excluding hydrogens is 158 g/mol. The molecule has 0 aromatic carbocycles. The molecule has 2 aliphatic rings. The van der Waals surface area contributed by atoms with Gasteiger partial charge in [-0.3, -0.25) is 0 Å². The van der Waals surface area contributed by atoms with E-state index in [2.05, 4.69) is 13.8 Å². The predicted molar refractivity (Wildman–Crippen MR) is 44.2 cm³/mol. The summed E-state index contributed by atoms with van der Waals surface area (Å²) in [6, 6.07) is 0. The molecule has 2 aliphatic carbocycles. The molecule has 0 radical (unpaired) electrons. The van der Waals surface area contributed by atoms with Gasteiger partial charge in [0, 0.05) is 12.8 Å². The van der Waals surface area contributed by atoms with Crippen molar-refractivity contribution < 1.29 is 8.78 Å². The molecule has 0 atom stereocenters. The van der Waals surface area contributed by atoms with Gasteiger partial charge in [0.05, 0.1) is 0 Å². The quantitative estimate of drug-likeness (QED) is 0.601. The van der Waals surface area contributed by atoms with Gasteiger partial charge in [-0.05, 0) is 30.1 Å². The van der Waals surface area contributed by atoms with Gasteiger partial charge in [0.25, 0.3) is 0 Å². The Labute approximate surface area is 72.3 Å². The molecule has 0 aromatic rings. The smallest absolute Gasteiger partial charge is 0.207 e. The second-order valence-corrected chi connectivity index (χ2v) is 4.85. The van der Waals surface area contributed by atoms with Crippen LogP contribution >= 0.6 is 0 Å². The van der Waals surface area contributed by atoms with Gasteiger partial charge >= 0.3 is 0 Å². The molecule has 0 unspecified atom stereocenters. The van der Waals surface area contributed by atoms with E-state index in [4.69, 9.17) is 0 Å². The molecular formula is C10H16F2. The molecule has 0 bridgehead atoms. The zero-order valence-electron chi connectivity index (χ0n) is 7.74. The van der Waals surface area contributed by atoms with Gasteiger partial charge < -0.3 is 0 Å². The predicted octanol–water partition coefficient (Wildman–Crippen LogP) is 3.47. The maximum atomic E-state index is 12.6. The summed E-state index contributed by atoms with van der Waals surface area (Å²) in [6.45, 7) is 4.34. The third-order valence-electron chi connectivity index (χ3n) is 3.88. The van der Waals surface area contributed by atoms with Crippen molar-refractivity contribution in [2.45, 2.75) is 45.5 Å². The Morgan fingerprint density at radius 3 is 1.92 bits per heavy atom. The number of hydrogen-bond acceptors (Lipinski definition) is 0. The van der Waals surface area contributed by atoms with Crippen LogP contribution in [-0.4, -0.2) is 5.92 Å². The van der Waals surface area contributed by atoms with E-state index in [-0.39, 0.29) is 12.8 Å². The average molecular weight is 174 g/mol. The molecule has 2 saturated carbocycles. The van der Waals surface area contributed by atoms with E-state index < -0.39 is 5.92 Å². The monoisotopic (exact) mass is 174 g/mol. The summed E-state index contributed by atoms with van der Waals surface area (Å²) in [6.07, 6.45) is 2.69. The van der Waals surface area contributed by atoms with Crippen LogP contribution in [0.15, 0.2) is 0 Å². The van der Waals surface area contributed by atoms with Crippen molar-refractivity contribution in [3.63, 3.8) is 0 Å². The van der Waals surface area contributed by atoms with Gasteiger partial charge in [-0.15, -0.1) is 0 Å². The molecule has 70 valence electrons. The summed E-state index contributed by atoms with van der Waals surface area (Å²) in [4.78, 5) is 0. The van der Waals surface area contributed by atoms with Gasteiger partial charge in [0.1, 0.15) is 0 Å². The molecule has 12 heavy (non-hydrogen) atoms. The topological polar surface area (TPSA) is 0 Å². The van der Waals surface area contributed by atoms with E-state index in [0.717, 1.165) is 0 Å². The molecule has 2 heteroatoms. The first-order chi connectivity index (χ1) is 5.46. The number of alkyl halides is 2. The molecule has 0 amide bonds. The largest absolute Gasteiger partial charge is 0.248 e. The Kier molecular flexibility index (Phi) is 1.56. The third-order valence-corrected chi connectivity index (χ3v) is 3.88. The van der Waals surface area contributed by atoms with Gasteiger partial charge in [0.2, 0.25) is 5.92 Å². The highest BCUT2D eigenvalue weighted by Crippen LogP contribution is 2.65. The molecule has 2 rings (SSSR count). The fourth-order valence-corrected chi connectivity index (χ4v) is 2.67. The summed E-state index contributed by atoms with van der Waals surface area (Å²) in [5, 5.41) is 0. The Bertz CT molecular complexity index is 184. The van der Waals surface area contributed by atoms with Gasteiger partial charge in [-0.2, -0.15) is 0 Å². The standard InChI is InChI=1S/C10H16F2/c1-7(2)9(3-4-9)8-5-10(11,12)6-8/h7-8H,3-6H2,1-2H3. The van der Waals surface area contributed by atoms with Gasteiger partial charge in [-0.1, -0.05) is 13.8 Å². The third kappa shape index (κ3) is 1.07. The van der Waals surface area contributed by atoms with E-state index in [0.29, 0.717) is 17.3 Å². The molecule has 2 fully saturated rings. The lowest BCUT2D eigenvalue weighted by atomic mass is 9.67. The summed E-state index contributed by atoms with van der Waals surface area (Å²) in [7, 11) is 0.